The van der Waals surface area contributed by atoms with Gasteiger partial charge in [0.05, 0.1) is 18.7 Å². The number of benzene rings is 2. The third kappa shape index (κ3) is 5.23. The Labute approximate surface area is 147 Å². The Morgan fingerprint density at radius 1 is 1.04 bits per heavy atom. The first-order chi connectivity index (χ1) is 12.4. The number of hydrogen-bond donors (Lipinski definition) is 1. The Morgan fingerprint density at radius 2 is 1.77 bits per heavy atom. The van der Waals surface area contributed by atoms with Crippen molar-refractivity contribution in [3.63, 3.8) is 0 Å². The molecule has 1 N–H and O–H groups in total. The highest BCUT2D eigenvalue weighted by atomic mass is 19.2. The van der Waals surface area contributed by atoms with E-state index >= 15 is 0 Å². The second-order valence-corrected chi connectivity index (χ2v) is 5.30. The molecular weight excluding hydrogens is 351 g/mol. The van der Waals surface area contributed by atoms with Crippen LogP contribution in [-0.4, -0.2) is 25.1 Å². The molecule has 0 bridgehead atoms. The van der Waals surface area contributed by atoms with Crippen LogP contribution in [-0.2, 0) is 14.3 Å². The van der Waals surface area contributed by atoms with Crippen molar-refractivity contribution in [2.24, 2.45) is 0 Å². The van der Waals surface area contributed by atoms with Crippen molar-refractivity contribution in [3.8, 4) is 5.75 Å². The van der Waals surface area contributed by atoms with E-state index in [9.17, 15) is 22.8 Å². The van der Waals surface area contributed by atoms with Gasteiger partial charge in [-0.3, -0.25) is 9.59 Å². The van der Waals surface area contributed by atoms with Crippen molar-refractivity contribution in [3.05, 3.63) is 59.4 Å². The fourth-order valence-electron chi connectivity index (χ4n) is 1.99. The molecule has 0 unspecified atom stereocenters. The molecule has 2 rings (SSSR count). The van der Waals surface area contributed by atoms with Gasteiger partial charge >= 0.3 is 5.97 Å². The minimum absolute atomic E-state index is 0.0586. The summed E-state index contributed by atoms with van der Waals surface area (Å²) in [6.07, 6.45) is -0.0961. The molecule has 0 aromatic heterocycles. The maximum Gasteiger partial charge on any atom is 0.309 e. The third-order valence-electron chi connectivity index (χ3n) is 3.33. The predicted molar refractivity (Wildman–Crippen MR) is 87.2 cm³/mol. The summed E-state index contributed by atoms with van der Waals surface area (Å²) >= 11 is 0. The minimum Gasteiger partial charge on any atom is -0.493 e. The maximum absolute atomic E-state index is 13.4. The summed E-state index contributed by atoms with van der Waals surface area (Å²) in [7, 11) is 0. The average molecular weight is 367 g/mol. The first-order valence-electron chi connectivity index (χ1n) is 7.66. The summed E-state index contributed by atoms with van der Waals surface area (Å²) in [6, 6.07) is 8.79. The van der Waals surface area contributed by atoms with Crippen LogP contribution < -0.4 is 10.1 Å². The van der Waals surface area contributed by atoms with Gasteiger partial charge in [-0.25, -0.2) is 13.2 Å². The van der Waals surface area contributed by atoms with Crippen molar-refractivity contribution < 1.29 is 32.2 Å². The maximum atomic E-state index is 13.4. The van der Waals surface area contributed by atoms with Crippen molar-refractivity contribution in [2.75, 3.05) is 18.5 Å². The van der Waals surface area contributed by atoms with Gasteiger partial charge in [0, 0.05) is 0 Å². The molecule has 0 aliphatic heterocycles. The molecule has 0 saturated carbocycles. The number of carbonyl (C=O) groups excluding carboxylic acids is 2. The molecule has 0 atom stereocenters. The second-order valence-electron chi connectivity index (χ2n) is 5.30. The topological polar surface area (TPSA) is 64.6 Å². The fraction of sp³-hybridized carbons (Fsp3) is 0.222. The number of rotatable bonds is 7. The molecule has 8 heteroatoms. The monoisotopic (exact) mass is 367 g/mol. The smallest absolute Gasteiger partial charge is 0.309 e. The number of carbonyl (C=O) groups is 2. The molecule has 26 heavy (non-hydrogen) atoms. The number of halogens is 3. The first-order valence-corrected chi connectivity index (χ1v) is 7.66. The van der Waals surface area contributed by atoms with Crippen LogP contribution in [0, 0.1) is 24.4 Å². The van der Waals surface area contributed by atoms with Gasteiger partial charge < -0.3 is 14.8 Å². The Morgan fingerprint density at radius 3 is 2.50 bits per heavy atom. The quantitative estimate of drug-likeness (QED) is 0.602. The van der Waals surface area contributed by atoms with Crippen LogP contribution in [0.4, 0.5) is 18.9 Å². The number of anilines is 1. The predicted octanol–water partition coefficient (Wildman–Crippen LogP) is 3.36. The zero-order chi connectivity index (χ0) is 19.1. The van der Waals surface area contributed by atoms with Gasteiger partial charge in [0.2, 0.25) is 0 Å². The molecule has 0 saturated heterocycles. The zero-order valence-electron chi connectivity index (χ0n) is 13.9. The van der Waals surface area contributed by atoms with Crippen molar-refractivity contribution >= 4 is 17.6 Å². The van der Waals surface area contributed by atoms with E-state index in [1.54, 1.807) is 12.1 Å². The van der Waals surface area contributed by atoms with E-state index in [1.165, 1.54) is 0 Å². The number of amides is 1. The van der Waals surface area contributed by atoms with Crippen molar-refractivity contribution in [1.29, 1.82) is 0 Å². The average Bonchev–Trinajstić information content (AvgIpc) is 2.62. The molecule has 0 fully saturated rings. The molecule has 0 aliphatic rings. The standard InChI is InChI=1S/C18H16F3NO4/c1-11-4-2-3-5-14(11)25-9-8-16(24)26-10-15(23)22-13-7-6-12(19)17(20)18(13)21/h2-7H,8-10H2,1H3,(H,22,23). The Kier molecular flexibility index (Phi) is 6.60. The third-order valence-corrected chi connectivity index (χ3v) is 3.33. The highest BCUT2D eigenvalue weighted by Gasteiger charge is 2.16. The van der Waals surface area contributed by atoms with Crippen LogP contribution >= 0.6 is 0 Å². The molecule has 0 radical (unpaired) electrons. The van der Waals surface area contributed by atoms with Gasteiger partial charge in [0.1, 0.15) is 5.75 Å². The molecular formula is C18H16F3NO4. The highest BCUT2D eigenvalue weighted by molar-refractivity contribution is 5.92. The van der Waals surface area contributed by atoms with Gasteiger partial charge in [-0.2, -0.15) is 0 Å². The van der Waals surface area contributed by atoms with Crippen LogP contribution in [0.25, 0.3) is 0 Å². The Bertz CT molecular complexity index is 811. The van der Waals surface area contributed by atoms with Crippen LogP contribution in [0.3, 0.4) is 0 Å². The van der Waals surface area contributed by atoms with E-state index in [-0.39, 0.29) is 13.0 Å². The molecule has 0 aliphatic carbocycles. The van der Waals surface area contributed by atoms with Crippen molar-refractivity contribution in [1.82, 2.24) is 0 Å². The van der Waals surface area contributed by atoms with E-state index in [2.05, 4.69) is 0 Å². The molecule has 0 heterocycles. The molecule has 138 valence electrons. The summed E-state index contributed by atoms with van der Waals surface area (Å²) in [5.41, 5.74) is 0.363. The number of para-hydroxylation sites is 1. The SMILES string of the molecule is Cc1ccccc1OCCC(=O)OCC(=O)Nc1ccc(F)c(F)c1F. The largest absolute Gasteiger partial charge is 0.493 e. The summed E-state index contributed by atoms with van der Waals surface area (Å²) < 4.78 is 49.4. The van der Waals surface area contributed by atoms with Gasteiger partial charge in [-0.15, -0.1) is 0 Å². The van der Waals surface area contributed by atoms with Crippen molar-refractivity contribution in [2.45, 2.75) is 13.3 Å². The van der Waals surface area contributed by atoms with Crippen LogP contribution in [0.5, 0.6) is 5.75 Å². The Hall–Kier alpha value is -3.03. The van der Waals surface area contributed by atoms with E-state index in [0.717, 1.165) is 11.6 Å². The summed E-state index contributed by atoms with van der Waals surface area (Å²) in [5.74, 6) is -5.56. The van der Waals surface area contributed by atoms with Gasteiger partial charge in [0.25, 0.3) is 5.91 Å². The molecule has 2 aromatic carbocycles. The lowest BCUT2D eigenvalue weighted by molar-refractivity contribution is -0.147. The van der Waals surface area contributed by atoms with E-state index < -0.39 is 41.6 Å². The number of ether oxygens (including phenoxy) is 2. The lowest BCUT2D eigenvalue weighted by Gasteiger charge is -2.09. The highest BCUT2D eigenvalue weighted by Crippen LogP contribution is 2.19. The number of esters is 1. The summed E-state index contributed by atoms with van der Waals surface area (Å²) in [4.78, 5) is 23.2. The van der Waals surface area contributed by atoms with E-state index in [0.29, 0.717) is 11.8 Å². The minimum atomic E-state index is -1.70. The summed E-state index contributed by atoms with van der Waals surface area (Å²) in [6.45, 7) is 1.22. The van der Waals surface area contributed by atoms with E-state index in [4.69, 9.17) is 9.47 Å². The zero-order valence-corrected chi connectivity index (χ0v) is 13.9. The van der Waals surface area contributed by atoms with Gasteiger partial charge in [-0.05, 0) is 30.7 Å². The fourth-order valence-corrected chi connectivity index (χ4v) is 1.99. The molecule has 1 amide bonds. The van der Waals surface area contributed by atoms with Crippen LogP contribution in [0.1, 0.15) is 12.0 Å². The summed E-state index contributed by atoms with van der Waals surface area (Å²) in [5, 5.41) is 1.99. The molecule has 0 spiro atoms. The number of nitrogens with one attached hydrogen (secondary N) is 1. The normalized spacial score (nSPS) is 10.3. The van der Waals surface area contributed by atoms with Crippen LogP contribution in [0.15, 0.2) is 36.4 Å². The number of hydrogen-bond acceptors (Lipinski definition) is 4. The Balaban J connectivity index is 1.74. The number of aryl methyl sites for hydroxylation is 1. The van der Waals surface area contributed by atoms with E-state index in [1.807, 2.05) is 24.4 Å². The lowest BCUT2D eigenvalue weighted by atomic mass is 10.2. The second kappa shape index (κ2) is 8.89. The first kappa shape index (κ1) is 19.3. The molecule has 5 nitrogen and oxygen atoms in total. The van der Waals surface area contributed by atoms with Gasteiger partial charge in [-0.1, -0.05) is 18.2 Å². The van der Waals surface area contributed by atoms with Gasteiger partial charge in [0.15, 0.2) is 24.1 Å². The lowest BCUT2D eigenvalue weighted by Crippen LogP contribution is -2.22. The molecule has 2 aromatic rings. The van der Waals surface area contributed by atoms with Crippen LogP contribution in [0.2, 0.25) is 0 Å².